The number of hydrogen-bond donors (Lipinski definition) is 2. The van der Waals surface area contributed by atoms with E-state index in [1.165, 1.54) is 11.1 Å². The highest BCUT2D eigenvalue weighted by Gasteiger charge is 2.30. The highest BCUT2D eigenvalue weighted by Crippen LogP contribution is 2.31. The van der Waals surface area contributed by atoms with Crippen molar-refractivity contribution >= 4 is 0 Å². The van der Waals surface area contributed by atoms with Gasteiger partial charge >= 0.3 is 0 Å². The number of aliphatic hydroxyl groups is 1. The summed E-state index contributed by atoms with van der Waals surface area (Å²) in [6.45, 7) is 3.69. The van der Waals surface area contributed by atoms with E-state index < -0.39 is 0 Å². The van der Waals surface area contributed by atoms with Crippen LogP contribution in [0.15, 0.2) is 36.7 Å². The van der Waals surface area contributed by atoms with Crippen molar-refractivity contribution in [2.45, 2.75) is 38.6 Å². The summed E-state index contributed by atoms with van der Waals surface area (Å²) in [4.78, 5) is 0. The monoisotopic (exact) mass is 257 g/mol. The van der Waals surface area contributed by atoms with E-state index in [1.807, 2.05) is 29.2 Å². The number of fused-ring (bicyclic) bond motifs is 1. The molecule has 0 fully saturated rings. The average Bonchev–Trinajstić information content (AvgIpc) is 3.00. The Morgan fingerprint density at radius 3 is 3.05 bits per heavy atom. The molecule has 0 unspecified atom stereocenters. The number of hydrogen-bond acceptors (Lipinski definition) is 3. The van der Waals surface area contributed by atoms with Crippen LogP contribution in [0, 0.1) is 0 Å². The predicted octanol–water partition coefficient (Wildman–Crippen LogP) is 1.65. The van der Waals surface area contributed by atoms with E-state index in [2.05, 4.69) is 29.5 Å². The SMILES string of the molecule is CCn1cc(CN[C@@H]2c3ccccc3C[C@@H]2O)cn1. The Labute approximate surface area is 113 Å². The molecule has 1 heterocycles. The van der Waals surface area contributed by atoms with E-state index in [-0.39, 0.29) is 12.1 Å². The van der Waals surface area contributed by atoms with Crippen LogP contribution >= 0.6 is 0 Å². The Morgan fingerprint density at radius 1 is 1.42 bits per heavy atom. The summed E-state index contributed by atoms with van der Waals surface area (Å²) in [5, 5.41) is 17.9. The van der Waals surface area contributed by atoms with E-state index in [1.54, 1.807) is 0 Å². The van der Waals surface area contributed by atoms with E-state index in [0.717, 1.165) is 25.1 Å². The lowest BCUT2D eigenvalue weighted by atomic mass is 10.1. The molecule has 4 nitrogen and oxygen atoms in total. The van der Waals surface area contributed by atoms with E-state index in [0.29, 0.717) is 0 Å². The molecule has 1 aliphatic carbocycles. The third-order valence-electron chi connectivity index (χ3n) is 3.74. The van der Waals surface area contributed by atoms with Gasteiger partial charge in [0, 0.05) is 31.3 Å². The minimum absolute atomic E-state index is 0.0289. The second-order valence-electron chi connectivity index (χ2n) is 5.03. The number of aryl methyl sites for hydroxylation is 1. The van der Waals surface area contributed by atoms with Crippen molar-refractivity contribution in [1.82, 2.24) is 15.1 Å². The molecule has 1 aliphatic rings. The molecule has 0 saturated heterocycles. The van der Waals surface area contributed by atoms with E-state index >= 15 is 0 Å². The third kappa shape index (κ3) is 2.41. The quantitative estimate of drug-likeness (QED) is 0.875. The molecule has 2 aromatic rings. The normalized spacial score (nSPS) is 21.6. The fourth-order valence-electron chi connectivity index (χ4n) is 2.72. The first kappa shape index (κ1) is 12.4. The summed E-state index contributed by atoms with van der Waals surface area (Å²) in [6.07, 6.45) is 4.32. The highest BCUT2D eigenvalue weighted by molar-refractivity contribution is 5.36. The van der Waals surface area contributed by atoms with Gasteiger partial charge in [0.1, 0.15) is 0 Å². The second-order valence-corrected chi connectivity index (χ2v) is 5.03. The standard InChI is InChI=1S/C15H19N3O/c1-2-18-10-11(9-17-18)8-16-15-13-6-4-3-5-12(13)7-14(15)19/h3-6,9-10,14-16,19H,2,7-8H2,1H3/t14-,15+/m0/s1. The maximum Gasteiger partial charge on any atom is 0.0775 e. The van der Waals surface area contributed by atoms with Crippen molar-refractivity contribution < 1.29 is 5.11 Å². The van der Waals surface area contributed by atoms with Gasteiger partial charge in [0.05, 0.1) is 18.3 Å². The molecule has 19 heavy (non-hydrogen) atoms. The van der Waals surface area contributed by atoms with Gasteiger partial charge in [-0.15, -0.1) is 0 Å². The predicted molar refractivity (Wildman–Crippen MR) is 73.6 cm³/mol. The fourth-order valence-corrected chi connectivity index (χ4v) is 2.72. The molecule has 1 aromatic carbocycles. The van der Waals surface area contributed by atoms with Gasteiger partial charge in [0.2, 0.25) is 0 Å². The first-order chi connectivity index (χ1) is 9.28. The van der Waals surface area contributed by atoms with Crippen LogP contribution in [0.5, 0.6) is 0 Å². The van der Waals surface area contributed by atoms with Gasteiger partial charge in [-0.3, -0.25) is 4.68 Å². The molecule has 0 spiro atoms. The van der Waals surface area contributed by atoms with Gasteiger partial charge in [-0.2, -0.15) is 5.10 Å². The molecule has 0 bridgehead atoms. The number of aliphatic hydroxyl groups excluding tert-OH is 1. The second kappa shape index (κ2) is 5.15. The van der Waals surface area contributed by atoms with E-state index in [9.17, 15) is 5.11 Å². The van der Waals surface area contributed by atoms with Gasteiger partial charge in [0.25, 0.3) is 0 Å². The molecule has 2 atom stereocenters. The fraction of sp³-hybridized carbons (Fsp3) is 0.400. The average molecular weight is 257 g/mol. The minimum atomic E-state index is -0.335. The van der Waals surface area contributed by atoms with Gasteiger partial charge in [-0.1, -0.05) is 24.3 Å². The van der Waals surface area contributed by atoms with Crippen molar-refractivity contribution in [2.24, 2.45) is 0 Å². The van der Waals surface area contributed by atoms with Crippen molar-refractivity contribution in [3.8, 4) is 0 Å². The lowest BCUT2D eigenvalue weighted by Crippen LogP contribution is -2.28. The van der Waals surface area contributed by atoms with Gasteiger partial charge < -0.3 is 10.4 Å². The zero-order valence-electron chi connectivity index (χ0n) is 11.1. The number of benzene rings is 1. The number of rotatable bonds is 4. The molecule has 0 saturated carbocycles. The zero-order valence-corrected chi connectivity index (χ0v) is 11.1. The smallest absolute Gasteiger partial charge is 0.0775 e. The third-order valence-corrected chi connectivity index (χ3v) is 3.74. The summed E-state index contributed by atoms with van der Waals surface area (Å²) in [6, 6.07) is 8.27. The number of nitrogens with one attached hydrogen (secondary N) is 1. The van der Waals surface area contributed by atoms with Gasteiger partial charge in [0.15, 0.2) is 0 Å². The van der Waals surface area contributed by atoms with Crippen molar-refractivity contribution in [1.29, 1.82) is 0 Å². The van der Waals surface area contributed by atoms with Crippen LogP contribution in [0.3, 0.4) is 0 Å². The molecular weight excluding hydrogens is 238 g/mol. The van der Waals surface area contributed by atoms with Crippen LogP contribution in [0.2, 0.25) is 0 Å². The zero-order chi connectivity index (χ0) is 13.2. The first-order valence-electron chi connectivity index (χ1n) is 6.78. The maximum atomic E-state index is 10.2. The Hall–Kier alpha value is -1.65. The van der Waals surface area contributed by atoms with Crippen LogP contribution in [-0.4, -0.2) is 21.0 Å². The van der Waals surface area contributed by atoms with Crippen molar-refractivity contribution in [3.63, 3.8) is 0 Å². The lowest BCUT2D eigenvalue weighted by Gasteiger charge is -2.17. The molecule has 0 aliphatic heterocycles. The topological polar surface area (TPSA) is 50.1 Å². The summed E-state index contributed by atoms with van der Waals surface area (Å²) in [5.74, 6) is 0. The molecule has 4 heteroatoms. The Kier molecular flexibility index (Phi) is 3.36. The van der Waals surface area contributed by atoms with Crippen LogP contribution < -0.4 is 5.32 Å². The minimum Gasteiger partial charge on any atom is -0.391 e. The first-order valence-corrected chi connectivity index (χ1v) is 6.78. The summed E-state index contributed by atoms with van der Waals surface area (Å²) < 4.78 is 1.91. The van der Waals surface area contributed by atoms with Crippen LogP contribution in [0.25, 0.3) is 0 Å². The maximum absolute atomic E-state index is 10.2. The van der Waals surface area contributed by atoms with Crippen LogP contribution in [0.1, 0.15) is 29.7 Å². The summed E-state index contributed by atoms with van der Waals surface area (Å²) in [7, 11) is 0. The van der Waals surface area contributed by atoms with Gasteiger partial charge in [-0.25, -0.2) is 0 Å². The molecule has 3 rings (SSSR count). The number of nitrogens with zero attached hydrogens (tertiary/aromatic N) is 2. The Bertz CT molecular complexity index is 564. The van der Waals surface area contributed by atoms with Crippen molar-refractivity contribution in [3.05, 3.63) is 53.3 Å². The largest absolute Gasteiger partial charge is 0.391 e. The summed E-state index contributed by atoms with van der Waals surface area (Å²) in [5.41, 5.74) is 3.62. The number of aromatic nitrogens is 2. The Balaban J connectivity index is 1.70. The van der Waals surface area contributed by atoms with E-state index in [4.69, 9.17) is 0 Å². The van der Waals surface area contributed by atoms with Crippen LogP contribution in [-0.2, 0) is 19.5 Å². The molecule has 1 aromatic heterocycles. The van der Waals surface area contributed by atoms with Gasteiger partial charge in [-0.05, 0) is 18.1 Å². The molecule has 0 radical (unpaired) electrons. The molecule has 0 amide bonds. The van der Waals surface area contributed by atoms with Crippen LogP contribution in [0.4, 0.5) is 0 Å². The highest BCUT2D eigenvalue weighted by atomic mass is 16.3. The van der Waals surface area contributed by atoms with Crippen molar-refractivity contribution in [2.75, 3.05) is 0 Å². The molecular formula is C15H19N3O. The summed E-state index contributed by atoms with van der Waals surface area (Å²) >= 11 is 0. The lowest BCUT2D eigenvalue weighted by molar-refractivity contribution is 0.140. The molecule has 2 N–H and O–H groups in total. The Morgan fingerprint density at radius 2 is 2.26 bits per heavy atom. The molecule has 100 valence electrons.